The lowest BCUT2D eigenvalue weighted by Gasteiger charge is -2.34. The van der Waals surface area contributed by atoms with E-state index in [1.807, 2.05) is 0 Å². The third-order valence-corrected chi connectivity index (χ3v) is 5.36. The van der Waals surface area contributed by atoms with Crippen molar-refractivity contribution in [1.82, 2.24) is 10.2 Å². The number of imide groups is 2. The van der Waals surface area contributed by atoms with Crippen molar-refractivity contribution in [2.75, 3.05) is 6.54 Å². The molecular weight excluding hydrogens is 256 g/mol. The van der Waals surface area contributed by atoms with Gasteiger partial charge in [-0.05, 0) is 43.4 Å². The molecule has 110 valence electrons. The molecule has 5 heteroatoms. The highest BCUT2D eigenvalue weighted by molar-refractivity contribution is 6.16. The Morgan fingerprint density at radius 2 is 1.85 bits per heavy atom. The first-order valence-corrected chi connectivity index (χ1v) is 7.72. The Balaban J connectivity index is 1.77. The van der Waals surface area contributed by atoms with E-state index in [9.17, 15) is 14.4 Å². The number of hydrogen-bond donors (Lipinski definition) is 1. The van der Waals surface area contributed by atoms with Crippen LogP contribution in [0.5, 0.6) is 0 Å². The minimum atomic E-state index is -0.636. The molecule has 0 bridgehead atoms. The van der Waals surface area contributed by atoms with Crippen LogP contribution in [0.4, 0.5) is 4.79 Å². The maximum Gasteiger partial charge on any atom is 0.330 e. The van der Waals surface area contributed by atoms with E-state index in [0.29, 0.717) is 6.54 Å². The Morgan fingerprint density at radius 1 is 1.20 bits per heavy atom. The van der Waals surface area contributed by atoms with Crippen LogP contribution in [0.1, 0.15) is 51.9 Å². The van der Waals surface area contributed by atoms with Gasteiger partial charge in [-0.2, -0.15) is 0 Å². The number of carbonyl (C=O) groups is 3. The summed E-state index contributed by atoms with van der Waals surface area (Å²) in [6, 6.07) is -0.519. The number of nitrogens with zero attached hydrogens (tertiary/aromatic N) is 1. The normalized spacial score (nSPS) is 29.8. The second kappa shape index (κ2) is 4.86. The topological polar surface area (TPSA) is 66.5 Å². The van der Waals surface area contributed by atoms with Crippen LogP contribution in [0.25, 0.3) is 0 Å². The van der Waals surface area contributed by atoms with Crippen LogP contribution in [0, 0.1) is 17.3 Å². The fourth-order valence-corrected chi connectivity index (χ4v) is 3.62. The van der Waals surface area contributed by atoms with Gasteiger partial charge in [-0.3, -0.25) is 19.8 Å². The van der Waals surface area contributed by atoms with Gasteiger partial charge in [0.2, 0.25) is 11.8 Å². The largest absolute Gasteiger partial charge is 0.330 e. The van der Waals surface area contributed by atoms with Gasteiger partial charge in [0.05, 0.1) is 0 Å². The molecule has 0 radical (unpaired) electrons. The molecule has 3 rings (SSSR count). The van der Waals surface area contributed by atoms with Gasteiger partial charge in [-0.15, -0.1) is 0 Å². The smallest absolute Gasteiger partial charge is 0.277 e. The minimum absolute atomic E-state index is 0.119. The van der Waals surface area contributed by atoms with Crippen molar-refractivity contribution in [3.8, 4) is 0 Å². The molecule has 1 aliphatic heterocycles. The van der Waals surface area contributed by atoms with E-state index in [-0.39, 0.29) is 23.1 Å². The number of urea groups is 1. The molecule has 20 heavy (non-hydrogen) atoms. The highest BCUT2D eigenvalue weighted by Crippen LogP contribution is 2.49. The Labute approximate surface area is 119 Å². The van der Waals surface area contributed by atoms with Gasteiger partial charge < -0.3 is 0 Å². The second-order valence-electron chi connectivity index (χ2n) is 6.59. The van der Waals surface area contributed by atoms with Crippen molar-refractivity contribution in [2.24, 2.45) is 17.3 Å². The number of rotatable bonds is 4. The monoisotopic (exact) mass is 278 g/mol. The van der Waals surface area contributed by atoms with Crippen LogP contribution >= 0.6 is 0 Å². The van der Waals surface area contributed by atoms with E-state index in [2.05, 4.69) is 12.2 Å². The molecule has 2 aliphatic carbocycles. The number of carbonyl (C=O) groups excluding carboxylic acids is 3. The van der Waals surface area contributed by atoms with Gasteiger partial charge in [0.1, 0.15) is 5.92 Å². The van der Waals surface area contributed by atoms with E-state index in [4.69, 9.17) is 0 Å². The van der Waals surface area contributed by atoms with Crippen molar-refractivity contribution in [2.45, 2.75) is 51.9 Å². The van der Waals surface area contributed by atoms with Crippen molar-refractivity contribution in [3.63, 3.8) is 0 Å². The lowest BCUT2D eigenvalue weighted by atomic mass is 9.87. The zero-order valence-electron chi connectivity index (χ0n) is 12.0. The quantitative estimate of drug-likeness (QED) is 0.800. The first-order chi connectivity index (χ1) is 9.56. The van der Waals surface area contributed by atoms with Crippen LogP contribution < -0.4 is 5.32 Å². The molecule has 5 nitrogen and oxygen atoms in total. The lowest BCUT2D eigenvalue weighted by Crippen LogP contribution is -2.60. The summed E-state index contributed by atoms with van der Waals surface area (Å²) in [5.74, 6) is -1.16. The summed E-state index contributed by atoms with van der Waals surface area (Å²) in [6.07, 6.45) is 7.12. The van der Waals surface area contributed by atoms with Crippen molar-refractivity contribution in [1.29, 1.82) is 0 Å². The average molecular weight is 278 g/mol. The standard InChI is InChI=1S/C15H22N2O3/c1-2-15(7-8-15)9-17-13(19)11(10-5-3-4-6-10)12(18)16-14(17)20/h10-11H,2-9H2,1H3,(H,16,18,20). The Kier molecular flexibility index (Phi) is 3.30. The maximum atomic E-state index is 12.6. The molecule has 1 heterocycles. The highest BCUT2D eigenvalue weighted by atomic mass is 16.2. The molecule has 1 unspecified atom stereocenters. The molecule has 1 atom stereocenters. The predicted molar refractivity (Wildman–Crippen MR) is 72.7 cm³/mol. The first-order valence-electron chi connectivity index (χ1n) is 7.72. The van der Waals surface area contributed by atoms with Gasteiger partial charge >= 0.3 is 6.03 Å². The lowest BCUT2D eigenvalue weighted by molar-refractivity contribution is -0.145. The van der Waals surface area contributed by atoms with Gasteiger partial charge in [0, 0.05) is 6.54 Å². The SMILES string of the molecule is CCC1(CN2C(=O)NC(=O)C(C3CCCC3)C2=O)CC1. The molecule has 2 saturated carbocycles. The molecule has 1 saturated heterocycles. The third kappa shape index (κ3) is 2.23. The van der Waals surface area contributed by atoms with E-state index in [0.717, 1.165) is 44.9 Å². The fraction of sp³-hybridized carbons (Fsp3) is 0.800. The summed E-state index contributed by atoms with van der Waals surface area (Å²) in [6.45, 7) is 2.57. The van der Waals surface area contributed by atoms with E-state index < -0.39 is 11.9 Å². The molecule has 3 aliphatic rings. The van der Waals surface area contributed by atoms with E-state index in [1.165, 1.54) is 4.90 Å². The zero-order valence-corrected chi connectivity index (χ0v) is 12.0. The molecule has 0 aromatic heterocycles. The number of barbiturate groups is 1. The number of amides is 4. The summed E-state index contributed by atoms with van der Waals surface area (Å²) in [4.78, 5) is 37.9. The van der Waals surface area contributed by atoms with Crippen LogP contribution in [0.3, 0.4) is 0 Å². The Bertz CT molecular complexity index is 450. The van der Waals surface area contributed by atoms with Gasteiger partial charge in [-0.1, -0.05) is 19.8 Å². The van der Waals surface area contributed by atoms with Crippen molar-refractivity contribution in [3.05, 3.63) is 0 Å². The summed E-state index contributed by atoms with van der Waals surface area (Å²) < 4.78 is 0. The van der Waals surface area contributed by atoms with Crippen molar-refractivity contribution < 1.29 is 14.4 Å². The molecule has 4 amide bonds. The summed E-state index contributed by atoms with van der Waals surface area (Å²) in [5.41, 5.74) is 0.119. The van der Waals surface area contributed by atoms with Gasteiger partial charge in [-0.25, -0.2) is 4.79 Å². The van der Waals surface area contributed by atoms with Crippen LogP contribution in [-0.4, -0.2) is 29.3 Å². The third-order valence-electron chi connectivity index (χ3n) is 5.36. The molecule has 0 aromatic carbocycles. The minimum Gasteiger partial charge on any atom is -0.277 e. The van der Waals surface area contributed by atoms with E-state index in [1.54, 1.807) is 0 Å². The summed E-state index contributed by atoms with van der Waals surface area (Å²) in [5, 5.41) is 2.39. The maximum absolute atomic E-state index is 12.6. The zero-order chi connectivity index (χ0) is 14.3. The van der Waals surface area contributed by atoms with E-state index >= 15 is 0 Å². The van der Waals surface area contributed by atoms with Crippen LogP contribution in [-0.2, 0) is 9.59 Å². The predicted octanol–water partition coefficient (Wildman–Crippen LogP) is 2.06. The van der Waals surface area contributed by atoms with Crippen LogP contribution in [0.2, 0.25) is 0 Å². The number of nitrogens with one attached hydrogen (secondary N) is 1. The van der Waals surface area contributed by atoms with Crippen LogP contribution in [0.15, 0.2) is 0 Å². The Morgan fingerprint density at radius 3 is 2.40 bits per heavy atom. The van der Waals surface area contributed by atoms with Gasteiger partial charge in [0.25, 0.3) is 0 Å². The number of hydrogen-bond acceptors (Lipinski definition) is 3. The molecule has 3 fully saturated rings. The molecule has 1 N–H and O–H groups in total. The second-order valence-corrected chi connectivity index (χ2v) is 6.59. The molecule has 0 aromatic rings. The average Bonchev–Trinajstić information content (AvgIpc) is 3.00. The van der Waals surface area contributed by atoms with Gasteiger partial charge in [0.15, 0.2) is 0 Å². The molecule has 0 spiro atoms. The molecular formula is C15H22N2O3. The highest BCUT2D eigenvalue weighted by Gasteiger charge is 2.50. The Hall–Kier alpha value is -1.39. The summed E-state index contributed by atoms with van der Waals surface area (Å²) in [7, 11) is 0. The first kappa shape index (κ1) is 13.6. The van der Waals surface area contributed by atoms with Crippen molar-refractivity contribution >= 4 is 17.8 Å². The fourth-order valence-electron chi connectivity index (χ4n) is 3.62. The summed E-state index contributed by atoms with van der Waals surface area (Å²) >= 11 is 0.